The smallest absolute Gasteiger partial charge is 0.223 e. The maximum Gasteiger partial charge on any atom is 0.223 e. The van der Waals surface area contributed by atoms with Crippen LogP contribution in [-0.2, 0) is 16.1 Å². The lowest BCUT2D eigenvalue weighted by Crippen LogP contribution is -2.32. The second-order valence-electron chi connectivity index (χ2n) is 6.90. The summed E-state index contributed by atoms with van der Waals surface area (Å²) in [5.74, 6) is -0.0817. The first-order valence-electron chi connectivity index (χ1n) is 9.51. The molecule has 28 heavy (non-hydrogen) atoms. The minimum absolute atomic E-state index is 0.0285. The lowest BCUT2D eigenvalue weighted by molar-refractivity contribution is -0.134. The second kappa shape index (κ2) is 8.48. The molecule has 1 unspecified atom stereocenters. The number of fused-ring (bicyclic) bond motifs is 1. The summed E-state index contributed by atoms with van der Waals surface area (Å²) in [6.07, 6.45) is 5.72. The highest BCUT2D eigenvalue weighted by Crippen LogP contribution is 2.36. The van der Waals surface area contributed by atoms with Gasteiger partial charge in [-0.3, -0.25) is 14.6 Å². The number of hydrogen-bond acceptors (Lipinski definition) is 5. The van der Waals surface area contributed by atoms with E-state index in [1.54, 1.807) is 23.7 Å². The molecule has 0 radical (unpaired) electrons. The van der Waals surface area contributed by atoms with Crippen LogP contribution in [0.15, 0.2) is 48.8 Å². The predicted octanol–water partition coefficient (Wildman–Crippen LogP) is 3.45. The highest BCUT2D eigenvalue weighted by molar-refractivity contribution is 7.18. The van der Waals surface area contributed by atoms with Crippen molar-refractivity contribution >= 4 is 33.4 Å². The topological polar surface area (TPSA) is 75.2 Å². The number of nitrogens with zero attached hydrogens (tertiary/aromatic N) is 3. The van der Waals surface area contributed by atoms with E-state index in [0.717, 1.165) is 40.2 Å². The van der Waals surface area contributed by atoms with E-state index in [1.165, 1.54) is 0 Å². The van der Waals surface area contributed by atoms with Crippen LogP contribution in [0.1, 0.15) is 42.3 Å². The largest absolute Gasteiger partial charge is 0.352 e. The number of pyridine rings is 1. The normalized spacial score (nSPS) is 16.4. The molecule has 6 nitrogen and oxygen atoms in total. The van der Waals surface area contributed by atoms with Crippen LogP contribution in [-0.4, -0.2) is 33.2 Å². The van der Waals surface area contributed by atoms with Crippen LogP contribution in [0.4, 0.5) is 0 Å². The number of likely N-dealkylation sites (tertiary alicyclic amines) is 1. The number of benzene rings is 1. The van der Waals surface area contributed by atoms with Gasteiger partial charge in [0.15, 0.2) is 0 Å². The Bertz CT molecular complexity index is 940. The van der Waals surface area contributed by atoms with E-state index in [9.17, 15) is 9.59 Å². The van der Waals surface area contributed by atoms with Gasteiger partial charge in [-0.05, 0) is 42.7 Å². The fourth-order valence-electron chi connectivity index (χ4n) is 3.51. The van der Waals surface area contributed by atoms with Crippen molar-refractivity contribution < 1.29 is 9.59 Å². The Balaban J connectivity index is 1.32. The monoisotopic (exact) mass is 394 g/mol. The van der Waals surface area contributed by atoms with Crippen molar-refractivity contribution in [1.29, 1.82) is 0 Å². The van der Waals surface area contributed by atoms with E-state index in [-0.39, 0.29) is 30.7 Å². The summed E-state index contributed by atoms with van der Waals surface area (Å²) in [6, 6.07) is 11.8. The lowest BCUT2D eigenvalue weighted by Gasteiger charge is -2.23. The van der Waals surface area contributed by atoms with Crippen LogP contribution in [0.5, 0.6) is 0 Å². The number of carbonyl (C=O) groups excluding carboxylic acids is 2. The number of nitrogens with one attached hydrogen (secondary N) is 1. The van der Waals surface area contributed by atoms with Crippen molar-refractivity contribution in [3.05, 3.63) is 59.4 Å². The zero-order valence-corrected chi connectivity index (χ0v) is 16.3. The molecule has 1 fully saturated rings. The summed E-state index contributed by atoms with van der Waals surface area (Å²) in [4.78, 5) is 35.4. The third-order valence-corrected chi connectivity index (χ3v) is 6.11. The van der Waals surface area contributed by atoms with Crippen molar-refractivity contribution in [3.8, 4) is 0 Å². The molecule has 2 aromatic heterocycles. The van der Waals surface area contributed by atoms with E-state index in [4.69, 9.17) is 4.98 Å². The van der Waals surface area contributed by atoms with Crippen molar-refractivity contribution in [2.75, 3.05) is 6.54 Å². The molecular weight excluding hydrogens is 372 g/mol. The van der Waals surface area contributed by atoms with E-state index in [1.807, 2.05) is 35.2 Å². The van der Waals surface area contributed by atoms with Gasteiger partial charge in [0.25, 0.3) is 0 Å². The fourth-order valence-corrected chi connectivity index (χ4v) is 4.62. The van der Waals surface area contributed by atoms with Crippen LogP contribution in [0, 0.1) is 0 Å². The molecule has 1 saturated heterocycles. The van der Waals surface area contributed by atoms with Crippen molar-refractivity contribution in [2.45, 2.75) is 38.3 Å². The average molecular weight is 395 g/mol. The van der Waals surface area contributed by atoms with Crippen LogP contribution >= 0.6 is 11.3 Å². The van der Waals surface area contributed by atoms with Crippen LogP contribution in [0.25, 0.3) is 10.2 Å². The number of para-hydroxylation sites is 1. The maximum absolute atomic E-state index is 12.7. The molecule has 0 bridgehead atoms. The molecule has 7 heteroatoms. The molecule has 3 heterocycles. The molecular formula is C21H22N4O2S. The third-order valence-electron chi connectivity index (χ3n) is 4.97. The molecule has 3 aromatic rings. The lowest BCUT2D eigenvalue weighted by atomic mass is 10.2. The predicted molar refractivity (Wildman–Crippen MR) is 109 cm³/mol. The van der Waals surface area contributed by atoms with E-state index in [2.05, 4.69) is 16.4 Å². The van der Waals surface area contributed by atoms with E-state index in [0.29, 0.717) is 6.54 Å². The fraction of sp³-hybridized carbons (Fsp3) is 0.333. The third kappa shape index (κ3) is 4.20. The van der Waals surface area contributed by atoms with Crippen LogP contribution in [0.2, 0.25) is 0 Å². The first-order valence-corrected chi connectivity index (χ1v) is 10.3. The Kier molecular flexibility index (Phi) is 5.62. The zero-order valence-electron chi connectivity index (χ0n) is 15.5. The Hall–Kier alpha value is -2.80. The van der Waals surface area contributed by atoms with Gasteiger partial charge in [0.1, 0.15) is 5.01 Å². The quantitative estimate of drug-likeness (QED) is 0.695. The number of hydrogen-bond donors (Lipinski definition) is 1. The van der Waals surface area contributed by atoms with Gasteiger partial charge in [-0.15, -0.1) is 11.3 Å². The highest BCUT2D eigenvalue weighted by Gasteiger charge is 2.32. The van der Waals surface area contributed by atoms with Gasteiger partial charge in [0.2, 0.25) is 11.8 Å². The molecule has 1 N–H and O–H groups in total. The SMILES string of the molecule is O=C(CCC(=O)N1CCCC1c1nc2ccccc2s1)NCc1ccncc1. The standard InChI is InChI=1S/C21H22N4O2S/c26-19(23-14-15-9-11-22-12-10-15)7-8-20(27)25-13-3-5-17(25)21-24-16-4-1-2-6-18(16)28-21/h1-2,4,6,9-12,17H,3,5,7-8,13-14H2,(H,23,26). The molecule has 2 amide bonds. The van der Waals surface area contributed by atoms with Crippen LogP contribution in [0.3, 0.4) is 0 Å². The van der Waals surface area contributed by atoms with E-state index < -0.39 is 0 Å². The minimum atomic E-state index is -0.110. The summed E-state index contributed by atoms with van der Waals surface area (Å²) in [5, 5.41) is 3.85. The Morgan fingerprint density at radius 2 is 1.96 bits per heavy atom. The van der Waals surface area contributed by atoms with Crippen LogP contribution < -0.4 is 5.32 Å². The minimum Gasteiger partial charge on any atom is -0.352 e. The van der Waals surface area contributed by atoms with Gasteiger partial charge in [-0.25, -0.2) is 4.98 Å². The number of carbonyl (C=O) groups is 2. The molecule has 0 spiro atoms. The summed E-state index contributed by atoms with van der Waals surface area (Å²) >= 11 is 1.66. The number of aromatic nitrogens is 2. The molecule has 0 aliphatic carbocycles. The summed E-state index contributed by atoms with van der Waals surface area (Å²) < 4.78 is 1.15. The van der Waals surface area contributed by atoms with Gasteiger partial charge in [0.05, 0.1) is 16.3 Å². The van der Waals surface area contributed by atoms with Crippen molar-refractivity contribution in [2.24, 2.45) is 0 Å². The van der Waals surface area contributed by atoms with E-state index >= 15 is 0 Å². The molecule has 0 saturated carbocycles. The first kappa shape index (κ1) is 18.6. The molecule has 1 atom stereocenters. The van der Waals surface area contributed by atoms with Gasteiger partial charge in [0, 0.05) is 38.3 Å². The zero-order chi connectivity index (χ0) is 19.3. The van der Waals surface area contributed by atoms with Gasteiger partial charge >= 0.3 is 0 Å². The molecule has 144 valence electrons. The second-order valence-corrected chi connectivity index (χ2v) is 7.96. The summed E-state index contributed by atoms with van der Waals surface area (Å²) in [7, 11) is 0. The van der Waals surface area contributed by atoms with Gasteiger partial charge in [-0.1, -0.05) is 12.1 Å². The highest BCUT2D eigenvalue weighted by atomic mass is 32.1. The summed E-state index contributed by atoms with van der Waals surface area (Å²) in [5.41, 5.74) is 1.97. The molecule has 4 rings (SSSR count). The number of rotatable bonds is 6. The van der Waals surface area contributed by atoms with Gasteiger partial charge < -0.3 is 10.2 Å². The van der Waals surface area contributed by atoms with Crippen molar-refractivity contribution in [1.82, 2.24) is 20.2 Å². The molecule has 1 aliphatic heterocycles. The number of thiazole rings is 1. The van der Waals surface area contributed by atoms with Crippen molar-refractivity contribution in [3.63, 3.8) is 0 Å². The average Bonchev–Trinajstić information content (AvgIpc) is 3.37. The Morgan fingerprint density at radius 1 is 1.14 bits per heavy atom. The van der Waals surface area contributed by atoms with Gasteiger partial charge in [-0.2, -0.15) is 0 Å². The molecule has 1 aliphatic rings. The molecule has 1 aromatic carbocycles. The Morgan fingerprint density at radius 3 is 2.79 bits per heavy atom. The maximum atomic E-state index is 12.7. The first-order chi connectivity index (χ1) is 13.7. The Labute approximate surface area is 167 Å². The number of amides is 2. The summed E-state index contributed by atoms with van der Waals surface area (Å²) in [6.45, 7) is 1.19.